The standard InChI is InChI=1S/C15H16N4O3/c20-14(12-2-1-11-13(18-12)17-7-16-11)19-5-9-3-8(15(21)22)4-10(9)6-19/h1-2,7-10H,3-6H2,(H,21,22)(H,16,17,18)/t8?,9-,10+. The van der Waals surface area contributed by atoms with E-state index in [0.717, 1.165) is 5.52 Å². The summed E-state index contributed by atoms with van der Waals surface area (Å²) in [6.07, 6.45) is 2.91. The fraction of sp³-hybridized carbons (Fsp3) is 0.467. The first-order valence-corrected chi connectivity index (χ1v) is 7.44. The number of rotatable bonds is 2. The molecule has 7 nitrogen and oxygen atoms in total. The molecule has 7 heteroatoms. The van der Waals surface area contributed by atoms with Crippen LogP contribution in [0, 0.1) is 17.8 Å². The zero-order valence-electron chi connectivity index (χ0n) is 11.9. The van der Waals surface area contributed by atoms with Crippen LogP contribution in [0.5, 0.6) is 0 Å². The summed E-state index contributed by atoms with van der Waals surface area (Å²) in [5, 5.41) is 9.10. The molecule has 0 aromatic carbocycles. The number of hydrogen-bond acceptors (Lipinski definition) is 4. The summed E-state index contributed by atoms with van der Waals surface area (Å²) in [6, 6.07) is 3.51. The Hall–Kier alpha value is -2.44. The third-order valence-electron chi connectivity index (χ3n) is 4.89. The molecule has 1 amide bonds. The molecule has 2 aliphatic rings. The maximum atomic E-state index is 12.6. The Morgan fingerprint density at radius 1 is 1.23 bits per heavy atom. The normalized spacial score (nSPS) is 27.3. The maximum absolute atomic E-state index is 12.6. The highest BCUT2D eigenvalue weighted by Gasteiger charge is 2.44. The molecule has 1 aliphatic carbocycles. The van der Waals surface area contributed by atoms with Crippen LogP contribution in [-0.4, -0.2) is 49.9 Å². The van der Waals surface area contributed by atoms with Crippen LogP contribution in [0.3, 0.4) is 0 Å². The number of fused-ring (bicyclic) bond motifs is 2. The van der Waals surface area contributed by atoms with E-state index in [9.17, 15) is 9.59 Å². The fourth-order valence-electron chi connectivity index (χ4n) is 3.77. The van der Waals surface area contributed by atoms with Crippen molar-refractivity contribution in [2.45, 2.75) is 12.8 Å². The van der Waals surface area contributed by atoms with E-state index < -0.39 is 5.97 Å². The van der Waals surface area contributed by atoms with Crippen LogP contribution < -0.4 is 0 Å². The smallest absolute Gasteiger partial charge is 0.306 e. The van der Waals surface area contributed by atoms with Gasteiger partial charge in [-0.25, -0.2) is 9.97 Å². The Bertz CT molecular complexity index is 742. The lowest BCUT2D eigenvalue weighted by atomic mass is 10.0. The molecule has 1 unspecified atom stereocenters. The molecule has 1 saturated carbocycles. The van der Waals surface area contributed by atoms with E-state index in [2.05, 4.69) is 15.0 Å². The summed E-state index contributed by atoms with van der Waals surface area (Å²) in [7, 11) is 0. The third kappa shape index (κ3) is 2.04. The van der Waals surface area contributed by atoms with Gasteiger partial charge < -0.3 is 15.0 Å². The zero-order valence-corrected chi connectivity index (χ0v) is 11.9. The van der Waals surface area contributed by atoms with Crippen molar-refractivity contribution >= 4 is 23.0 Å². The van der Waals surface area contributed by atoms with E-state index in [4.69, 9.17) is 5.11 Å². The number of aromatic amines is 1. The predicted octanol–water partition coefficient (Wildman–Crippen LogP) is 1.14. The average molecular weight is 300 g/mol. The Morgan fingerprint density at radius 2 is 1.95 bits per heavy atom. The van der Waals surface area contributed by atoms with Crippen molar-refractivity contribution in [1.29, 1.82) is 0 Å². The summed E-state index contributed by atoms with van der Waals surface area (Å²) >= 11 is 0. The number of aliphatic carboxylic acids is 1. The van der Waals surface area contributed by atoms with Crippen molar-refractivity contribution in [3.63, 3.8) is 0 Å². The first kappa shape index (κ1) is 13.2. The van der Waals surface area contributed by atoms with Crippen molar-refractivity contribution in [1.82, 2.24) is 19.9 Å². The molecule has 114 valence electrons. The second kappa shape index (κ2) is 4.79. The summed E-state index contributed by atoms with van der Waals surface area (Å²) in [4.78, 5) is 36.7. The average Bonchev–Trinajstić information content (AvgIpc) is 3.18. The fourth-order valence-corrected chi connectivity index (χ4v) is 3.77. The maximum Gasteiger partial charge on any atom is 0.306 e. The Kier molecular flexibility index (Phi) is 2.88. The van der Waals surface area contributed by atoms with Gasteiger partial charge in [-0.2, -0.15) is 0 Å². The molecule has 2 aromatic heterocycles. The number of hydrogen-bond donors (Lipinski definition) is 2. The summed E-state index contributed by atoms with van der Waals surface area (Å²) in [5.41, 5.74) is 1.74. The van der Waals surface area contributed by atoms with Crippen molar-refractivity contribution in [3.05, 3.63) is 24.2 Å². The van der Waals surface area contributed by atoms with Gasteiger partial charge in [0.15, 0.2) is 5.65 Å². The highest BCUT2D eigenvalue weighted by Crippen LogP contribution is 2.41. The molecule has 2 N–H and O–H groups in total. The van der Waals surface area contributed by atoms with Crippen LogP contribution >= 0.6 is 0 Å². The predicted molar refractivity (Wildman–Crippen MR) is 77.1 cm³/mol. The van der Waals surface area contributed by atoms with E-state index in [1.54, 1.807) is 23.4 Å². The molecule has 1 saturated heterocycles. The Labute approximate surface area is 126 Å². The topological polar surface area (TPSA) is 99.2 Å². The van der Waals surface area contributed by atoms with Crippen LogP contribution in [-0.2, 0) is 4.79 Å². The van der Waals surface area contributed by atoms with E-state index in [-0.39, 0.29) is 11.8 Å². The number of imidazole rings is 1. The molecular weight excluding hydrogens is 284 g/mol. The van der Waals surface area contributed by atoms with E-state index in [1.807, 2.05) is 0 Å². The van der Waals surface area contributed by atoms with Crippen molar-refractivity contribution < 1.29 is 14.7 Å². The molecule has 2 fully saturated rings. The monoisotopic (exact) mass is 300 g/mol. The second-order valence-electron chi connectivity index (χ2n) is 6.21. The van der Waals surface area contributed by atoms with Gasteiger partial charge in [-0.15, -0.1) is 0 Å². The zero-order chi connectivity index (χ0) is 15.3. The van der Waals surface area contributed by atoms with Gasteiger partial charge in [-0.1, -0.05) is 0 Å². The van der Waals surface area contributed by atoms with Gasteiger partial charge in [-0.3, -0.25) is 9.59 Å². The summed E-state index contributed by atoms with van der Waals surface area (Å²) in [6.45, 7) is 1.27. The quantitative estimate of drug-likeness (QED) is 0.866. The largest absolute Gasteiger partial charge is 0.481 e. The van der Waals surface area contributed by atoms with Crippen LogP contribution in [0.1, 0.15) is 23.3 Å². The highest BCUT2D eigenvalue weighted by molar-refractivity contribution is 5.94. The summed E-state index contributed by atoms with van der Waals surface area (Å²) < 4.78 is 0. The molecule has 0 radical (unpaired) electrons. The van der Waals surface area contributed by atoms with Crippen molar-refractivity contribution in [3.8, 4) is 0 Å². The van der Waals surface area contributed by atoms with Gasteiger partial charge in [0, 0.05) is 13.1 Å². The SMILES string of the molecule is O=C(O)C1C[C@@H]2CN(C(=O)c3ccc4[nH]cnc4n3)C[C@@H]2C1. The highest BCUT2D eigenvalue weighted by atomic mass is 16.4. The van der Waals surface area contributed by atoms with Crippen LogP contribution in [0.2, 0.25) is 0 Å². The van der Waals surface area contributed by atoms with Gasteiger partial charge in [0.05, 0.1) is 17.8 Å². The number of aromatic nitrogens is 3. The number of carbonyl (C=O) groups excluding carboxylic acids is 1. The lowest BCUT2D eigenvalue weighted by Crippen LogP contribution is -2.31. The Morgan fingerprint density at radius 3 is 2.64 bits per heavy atom. The van der Waals surface area contributed by atoms with E-state index in [1.165, 1.54) is 0 Å². The molecule has 1 aliphatic heterocycles. The van der Waals surface area contributed by atoms with Crippen molar-refractivity contribution in [2.75, 3.05) is 13.1 Å². The lowest BCUT2D eigenvalue weighted by molar-refractivity contribution is -0.141. The molecule has 3 atom stereocenters. The molecule has 22 heavy (non-hydrogen) atoms. The number of carbonyl (C=O) groups is 2. The molecule has 0 bridgehead atoms. The van der Waals surface area contributed by atoms with Gasteiger partial charge in [-0.05, 0) is 36.8 Å². The van der Waals surface area contributed by atoms with Gasteiger partial charge in [0.25, 0.3) is 5.91 Å². The van der Waals surface area contributed by atoms with Gasteiger partial charge >= 0.3 is 5.97 Å². The number of nitrogens with zero attached hydrogens (tertiary/aromatic N) is 3. The van der Waals surface area contributed by atoms with Crippen molar-refractivity contribution in [2.24, 2.45) is 17.8 Å². The third-order valence-corrected chi connectivity index (χ3v) is 4.89. The molecular formula is C15H16N4O3. The minimum atomic E-state index is -0.710. The number of H-pyrrole nitrogens is 1. The number of pyridine rings is 1. The minimum Gasteiger partial charge on any atom is -0.481 e. The first-order valence-electron chi connectivity index (χ1n) is 7.44. The minimum absolute atomic E-state index is 0.0915. The molecule has 3 heterocycles. The number of carboxylic acids is 1. The van der Waals surface area contributed by atoms with E-state index in [0.29, 0.717) is 49.1 Å². The van der Waals surface area contributed by atoms with Crippen LogP contribution in [0.4, 0.5) is 0 Å². The van der Waals surface area contributed by atoms with Gasteiger partial charge in [0.1, 0.15) is 5.69 Å². The number of nitrogens with one attached hydrogen (secondary N) is 1. The van der Waals surface area contributed by atoms with E-state index >= 15 is 0 Å². The second-order valence-corrected chi connectivity index (χ2v) is 6.21. The number of amides is 1. The van der Waals surface area contributed by atoms with Gasteiger partial charge in [0.2, 0.25) is 0 Å². The molecule has 0 spiro atoms. The first-order chi connectivity index (χ1) is 10.6. The lowest BCUT2D eigenvalue weighted by Gasteiger charge is -2.17. The molecule has 2 aromatic rings. The van der Waals surface area contributed by atoms with Crippen LogP contribution in [0.15, 0.2) is 18.5 Å². The number of carboxylic acid groups (broad SMARTS) is 1. The molecule has 4 rings (SSSR count). The summed E-state index contributed by atoms with van der Waals surface area (Å²) in [5.74, 6) is -0.437. The van der Waals surface area contributed by atoms with Crippen LogP contribution in [0.25, 0.3) is 11.2 Å². The Balaban J connectivity index is 1.50. The number of likely N-dealkylation sites (tertiary alicyclic amines) is 1.